The molecule has 28 heavy (non-hydrogen) atoms. The summed E-state index contributed by atoms with van der Waals surface area (Å²) in [6, 6.07) is 23.0. The van der Waals surface area contributed by atoms with Crippen molar-refractivity contribution < 1.29 is 13.9 Å². The molecule has 0 radical (unpaired) electrons. The summed E-state index contributed by atoms with van der Waals surface area (Å²) in [5.74, 6) is 2.22. The molecule has 0 saturated carbocycles. The third kappa shape index (κ3) is 4.58. The average molecular weight is 390 g/mol. The minimum atomic E-state index is -2.98. The van der Waals surface area contributed by atoms with Gasteiger partial charge in [-0.2, -0.15) is 0 Å². The molecular weight excluding hydrogens is 374 g/mol. The highest BCUT2D eigenvalue weighted by Crippen LogP contribution is 2.22. The minimum Gasteiger partial charge on any atom is -0.289 e. The molecule has 0 N–H and O–H groups in total. The lowest BCUT2D eigenvalue weighted by Gasteiger charge is -2.05. The third-order valence-electron chi connectivity index (χ3n) is 3.99. The lowest BCUT2D eigenvalue weighted by atomic mass is 10.1. The molecule has 3 aromatic carbocycles. The number of nitro benzene ring substituents is 1. The zero-order chi connectivity index (χ0) is 20.0. The highest BCUT2D eigenvalue weighted by atomic mass is 32.2. The fourth-order valence-corrected chi connectivity index (χ4v) is 4.29. The van der Waals surface area contributed by atoms with E-state index in [-0.39, 0.29) is 22.8 Å². The van der Waals surface area contributed by atoms with Crippen molar-refractivity contribution in [3.8, 4) is 11.2 Å². The van der Waals surface area contributed by atoms with Crippen LogP contribution in [0.5, 0.6) is 0 Å². The van der Waals surface area contributed by atoms with Crippen LogP contribution in [-0.2, 0) is 14.1 Å². The monoisotopic (exact) mass is 390 g/mol. The number of carbonyl (C=O) groups is 1. The summed E-state index contributed by atoms with van der Waals surface area (Å²) >= 11 is 0. The Bertz CT molecular complexity index is 1100. The normalized spacial score (nSPS) is 12.3. The van der Waals surface area contributed by atoms with Crippen LogP contribution < -0.4 is 0 Å². The Morgan fingerprint density at radius 1 is 0.893 bits per heavy atom. The van der Waals surface area contributed by atoms with Gasteiger partial charge in [-0.3, -0.25) is 14.9 Å². The van der Waals surface area contributed by atoms with Crippen molar-refractivity contribution in [2.75, 3.05) is 5.75 Å². The summed E-state index contributed by atoms with van der Waals surface area (Å²) < 4.78 is 13.6. The van der Waals surface area contributed by atoms with Crippen LogP contribution in [-0.4, -0.2) is 16.5 Å². The molecule has 1 atom stereocenters. The molecular formula is C22H16NO4S+. The van der Waals surface area contributed by atoms with Gasteiger partial charge in [0.25, 0.3) is 5.69 Å². The molecule has 0 aromatic heterocycles. The molecule has 0 spiro atoms. The summed E-state index contributed by atoms with van der Waals surface area (Å²) in [7, 11) is -2.98. The predicted octanol–water partition coefficient (Wildman–Crippen LogP) is 4.35. The van der Waals surface area contributed by atoms with E-state index in [1.807, 2.05) is 18.2 Å². The maximum Gasteiger partial charge on any atom is 0.269 e. The molecule has 0 fully saturated rings. The SMILES string of the molecule is O=C(C[S+](=O)(C#Cc1ccccc1)c1ccccc1)c1ccc([N+](=O)[O-])cc1. The second kappa shape index (κ2) is 8.42. The summed E-state index contributed by atoms with van der Waals surface area (Å²) in [4.78, 5) is 23.4. The first-order valence-corrected chi connectivity index (χ1v) is 10.1. The topological polar surface area (TPSA) is 77.3 Å². The van der Waals surface area contributed by atoms with Gasteiger partial charge in [-0.25, -0.2) is 0 Å². The van der Waals surface area contributed by atoms with E-state index in [0.29, 0.717) is 10.5 Å². The van der Waals surface area contributed by atoms with E-state index in [1.165, 1.54) is 24.3 Å². The average Bonchev–Trinajstić information content (AvgIpc) is 2.74. The summed E-state index contributed by atoms with van der Waals surface area (Å²) in [5, 5.41) is 13.6. The van der Waals surface area contributed by atoms with Crippen LogP contribution >= 0.6 is 0 Å². The van der Waals surface area contributed by atoms with Gasteiger partial charge in [0.05, 0.1) is 4.92 Å². The Morgan fingerprint density at radius 3 is 2.04 bits per heavy atom. The lowest BCUT2D eigenvalue weighted by Crippen LogP contribution is -2.21. The first-order valence-electron chi connectivity index (χ1n) is 8.40. The fraction of sp³-hybridized carbons (Fsp3) is 0.0455. The van der Waals surface area contributed by atoms with E-state index in [1.54, 1.807) is 42.5 Å². The molecule has 3 aromatic rings. The number of hydrogen-bond donors (Lipinski definition) is 0. The van der Waals surface area contributed by atoms with E-state index in [2.05, 4.69) is 11.2 Å². The maximum atomic E-state index is 13.6. The van der Waals surface area contributed by atoms with Crippen LogP contribution in [0.2, 0.25) is 0 Å². The Morgan fingerprint density at radius 2 is 1.46 bits per heavy atom. The van der Waals surface area contributed by atoms with Gasteiger partial charge in [-0.05, 0) is 42.3 Å². The molecule has 0 heterocycles. The molecule has 0 aliphatic heterocycles. The van der Waals surface area contributed by atoms with Crippen LogP contribution in [0.1, 0.15) is 15.9 Å². The number of nitrogens with zero attached hydrogens (tertiary/aromatic N) is 1. The lowest BCUT2D eigenvalue weighted by molar-refractivity contribution is -0.384. The van der Waals surface area contributed by atoms with Crippen molar-refractivity contribution in [2.24, 2.45) is 0 Å². The van der Waals surface area contributed by atoms with E-state index >= 15 is 0 Å². The molecule has 0 bridgehead atoms. The molecule has 0 aliphatic rings. The summed E-state index contributed by atoms with van der Waals surface area (Å²) in [6.45, 7) is 0. The van der Waals surface area contributed by atoms with Gasteiger partial charge in [-0.15, -0.1) is 0 Å². The van der Waals surface area contributed by atoms with Crippen molar-refractivity contribution in [1.29, 1.82) is 0 Å². The third-order valence-corrected chi connectivity index (χ3v) is 6.13. The molecule has 138 valence electrons. The minimum absolute atomic E-state index is 0.107. The van der Waals surface area contributed by atoms with Crippen molar-refractivity contribution in [3.63, 3.8) is 0 Å². The molecule has 5 nitrogen and oxygen atoms in total. The van der Waals surface area contributed by atoms with Gasteiger partial charge in [0.2, 0.25) is 15.7 Å². The Hall–Kier alpha value is -3.56. The van der Waals surface area contributed by atoms with Crippen molar-refractivity contribution >= 4 is 21.4 Å². The van der Waals surface area contributed by atoms with Gasteiger partial charge >= 0.3 is 0 Å². The Balaban J connectivity index is 1.94. The van der Waals surface area contributed by atoms with Crippen molar-refractivity contribution in [1.82, 2.24) is 0 Å². The molecule has 3 rings (SSSR count). The van der Waals surface area contributed by atoms with E-state index in [9.17, 15) is 19.1 Å². The fourth-order valence-electron chi connectivity index (χ4n) is 2.52. The molecule has 1 unspecified atom stereocenters. The predicted molar refractivity (Wildman–Crippen MR) is 108 cm³/mol. The number of Topliss-reactive ketones (excluding diaryl/α,β-unsaturated/α-hetero) is 1. The first-order chi connectivity index (χ1) is 13.5. The van der Waals surface area contributed by atoms with Crippen LogP contribution in [0.4, 0.5) is 5.69 Å². The number of nitro groups is 1. The van der Waals surface area contributed by atoms with E-state index < -0.39 is 14.9 Å². The highest BCUT2D eigenvalue weighted by Gasteiger charge is 2.34. The molecule has 0 aliphatic carbocycles. The molecule has 0 amide bonds. The largest absolute Gasteiger partial charge is 0.289 e. The van der Waals surface area contributed by atoms with Gasteiger partial charge in [0, 0.05) is 23.3 Å². The van der Waals surface area contributed by atoms with Gasteiger partial charge in [-0.1, -0.05) is 40.6 Å². The maximum absolute atomic E-state index is 13.6. The summed E-state index contributed by atoms with van der Waals surface area (Å²) in [5.41, 5.74) is 0.855. The summed E-state index contributed by atoms with van der Waals surface area (Å²) in [6.07, 6.45) is 0. The van der Waals surface area contributed by atoms with Gasteiger partial charge in [0.15, 0.2) is 15.9 Å². The number of carbonyl (C=O) groups excluding carboxylic acids is 1. The van der Waals surface area contributed by atoms with Crippen molar-refractivity contribution in [2.45, 2.75) is 4.90 Å². The second-order valence-corrected chi connectivity index (χ2v) is 8.27. The van der Waals surface area contributed by atoms with Gasteiger partial charge in [0.1, 0.15) is 0 Å². The Labute approximate surface area is 163 Å². The van der Waals surface area contributed by atoms with E-state index in [0.717, 1.165) is 0 Å². The number of benzene rings is 3. The number of hydrogen-bond acceptors (Lipinski definition) is 4. The van der Waals surface area contributed by atoms with Gasteiger partial charge < -0.3 is 0 Å². The Kier molecular flexibility index (Phi) is 5.78. The van der Waals surface area contributed by atoms with Crippen LogP contribution in [0.3, 0.4) is 0 Å². The quantitative estimate of drug-likeness (QED) is 0.213. The van der Waals surface area contributed by atoms with Crippen molar-refractivity contribution in [3.05, 3.63) is 106 Å². The highest BCUT2D eigenvalue weighted by molar-refractivity contribution is 8.07. The van der Waals surface area contributed by atoms with Crippen LogP contribution in [0.15, 0.2) is 89.8 Å². The molecule has 6 heteroatoms. The standard InChI is InChI=1S/C22H16NO4S/c24-22(19-11-13-20(14-12-19)23(25)26)17-28(27,21-9-5-2-6-10-21)16-15-18-7-3-1-4-8-18/h1-14H,17H2/q+1. The zero-order valence-electron chi connectivity index (χ0n) is 14.8. The molecule has 0 saturated heterocycles. The smallest absolute Gasteiger partial charge is 0.269 e. The van der Waals surface area contributed by atoms with Crippen LogP contribution in [0.25, 0.3) is 0 Å². The van der Waals surface area contributed by atoms with Crippen LogP contribution in [0, 0.1) is 21.3 Å². The van der Waals surface area contributed by atoms with E-state index in [4.69, 9.17) is 0 Å². The number of ketones is 1. The second-order valence-electron chi connectivity index (χ2n) is 5.95. The number of rotatable bonds is 5. The number of non-ortho nitro benzene ring substituents is 1. The first kappa shape index (κ1) is 19.2. The zero-order valence-corrected chi connectivity index (χ0v) is 15.6.